The van der Waals surface area contributed by atoms with Crippen molar-refractivity contribution >= 4 is 8.32 Å². The van der Waals surface area contributed by atoms with E-state index in [0.29, 0.717) is 25.7 Å². The van der Waals surface area contributed by atoms with E-state index < -0.39 is 14.1 Å². The topological polar surface area (TPSA) is 55.4 Å². The Kier molecular flexibility index (Phi) is 13.9. The van der Waals surface area contributed by atoms with E-state index in [1.165, 1.54) is 5.56 Å². The molecule has 260 valence electrons. The third-order valence-electron chi connectivity index (χ3n) is 10.1. The van der Waals surface area contributed by atoms with Gasteiger partial charge in [-0.25, -0.2) is 0 Å². The summed E-state index contributed by atoms with van der Waals surface area (Å²) in [4.78, 5) is 0. The average Bonchev–Trinajstić information content (AvgIpc) is 2.98. The van der Waals surface area contributed by atoms with Crippen molar-refractivity contribution in [2.75, 3.05) is 13.7 Å². The maximum atomic E-state index is 7.24. The van der Waals surface area contributed by atoms with Crippen LogP contribution in [0, 0.1) is 23.7 Å². The van der Waals surface area contributed by atoms with Crippen LogP contribution in [0.4, 0.5) is 0 Å². The molecule has 3 rings (SSSR count). The SMILES string of the molecule is COc1ccc(CO[C@H](C(C)C)[C@@H](C)[C@H]2C[C@H]([C@@H](C)[C@H](O[Si](C)(C)C(C)(C)C)[C@H](C)COCc3ccccc3)OC(C)(C)O2)cc1. The lowest BCUT2D eigenvalue weighted by Crippen LogP contribution is -2.55. The quantitative estimate of drug-likeness (QED) is 0.168. The number of rotatable bonds is 16. The van der Waals surface area contributed by atoms with E-state index in [4.69, 9.17) is 28.1 Å². The van der Waals surface area contributed by atoms with Crippen LogP contribution in [0.15, 0.2) is 54.6 Å². The molecule has 6 nitrogen and oxygen atoms in total. The van der Waals surface area contributed by atoms with Gasteiger partial charge >= 0.3 is 0 Å². The molecule has 1 fully saturated rings. The van der Waals surface area contributed by atoms with Crippen LogP contribution in [0.5, 0.6) is 5.75 Å². The molecular weight excluding hydrogens is 593 g/mol. The second-order valence-electron chi connectivity index (χ2n) is 15.9. The number of hydrogen-bond acceptors (Lipinski definition) is 6. The van der Waals surface area contributed by atoms with E-state index in [-0.39, 0.29) is 47.2 Å². The van der Waals surface area contributed by atoms with Gasteiger partial charge in [-0.3, -0.25) is 0 Å². The zero-order valence-corrected chi connectivity index (χ0v) is 32.1. The maximum Gasteiger partial charge on any atom is 0.192 e. The van der Waals surface area contributed by atoms with Gasteiger partial charge < -0.3 is 28.1 Å². The van der Waals surface area contributed by atoms with Crippen molar-refractivity contribution in [2.45, 2.75) is 137 Å². The van der Waals surface area contributed by atoms with Crippen molar-refractivity contribution in [3.63, 3.8) is 0 Å². The number of ether oxygens (including phenoxy) is 5. The van der Waals surface area contributed by atoms with Crippen molar-refractivity contribution in [1.29, 1.82) is 0 Å². The Labute approximate surface area is 282 Å². The first-order chi connectivity index (χ1) is 21.4. The lowest BCUT2D eigenvalue weighted by molar-refractivity contribution is -0.323. The first-order valence-electron chi connectivity index (χ1n) is 17.3. The van der Waals surface area contributed by atoms with Crippen LogP contribution in [-0.2, 0) is 36.6 Å². The molecule has 7 heteroatoms. The molecule has 2 aromatic carbocycles. The summed E-state index contributed by atoms with van der Waals surface area (Å²) in [6.45, 7) is 28.8. The Balaban J connectivity index is 1.78. The molecule has 1 saturated heterocycles. The van der Waals surface area contributed by atoms with Crippen molar-refractivity contribution in [2.24, 2.45) is 23.7 Å². The predicted molar refractivity (Wildman–Crippen MR) is 191 cm³/mol. The molecular formula is C39H64O6Si. The second kappa shape index (κ2) is 16.6. The summed E-state index contributed by atoms with van der Waals surface area (Å²) >= 11 is 0. The molecule has 1 heterocycles. The second-order valence-corrected chi connectivity index (χ2v) is 20.6. The fraction of sp³-hybridized carbons (Fsp3) is 0.692. The third kappa shape index (κ3) is 10.9. The predicted octanol–water partition coefficient (Wildman–Crippen LogP) is 9.66. The Morgan fingerprint density at radius 2 is 1.35 bits per heavy atom. The molecule has 2 aromatic rings. The number of hydrogen-bond donors (Lipinski definition) is 0. The van der Waals surface area contributed by atoms with E-state index in [0.717, 1.165) is 17.7 Å². The minimum absolute atomic E-state index is 0.0151. The molecule has 0 unspecified atom stereocenters. The molecule has 0 aromatic heterocycles. The van der Waals surface area contributed by atoms with Crippen molar-refractivity contribution in [3.05, 3.63) is 65.7 Å². The molecule has 7 atom stereocenters. The highest BCUT2D eigenvalue weighted by molar-refractivity contribution is 6.74. The van der Waals surface area contributed by atoms with Crippen LogP contribution in [0.1, 0.15) is 86.8 Å². The first kappa shape index (κ1) is 38.7. The van der Waals surface area contributed by atoms with E-state index in [1.807, 2.05) is 32.0 Å². The Bertz CT molecular complexity index is 1160. The highest BCUT2D eigenvalue weighted by Crippen LogP contribution is 2.42. The zero-order chi connectivity index (χ0) is 34.3. The molecule has 0 spiro atoms. The molecule has 0 bridgehead atoms. The van der Waals surface area contributed by atoms with Crippen LogP contribution in [-0.4, -0.2) is 52.2 Å². The van der Waals surface area contributed by atoms with E-state index in [9.17, 15) is 0 Å². The standard InChI is InChI=1S/C39H64O6Si/c1-27(2)36(42-26-32-19-21-33(40-11)22-20-32)29(4)34-23-35(44-39(9,10)43-34)30(5)37(45-46(12,13)38(6,7)8)28(3)24-41-25-31-17-15-14-16-18-31/h14-22,27-30,34-37H,23-26H2,1-13H3/t28-,29+,30-,34-,35-,36-,37-/m1/s1. The van der Waals surface area contributed by atoms with Gasteiger partial charge in [0.2, 0.25) is 0 Å². The monoisotopic (exact) mass is 656 g/mol. The molecule has 46 heavy (non-hydrogen) atoms. The van der Waals surface area contributed by atoms with Gasteiger partial charge in [-0.15, -0.1) is 0 Å². The van der Waals surface area contributed by atoms with E-state index >= 15 is 0 Å². The van der Waals surface area contributed by atoms with Gasteiger partial charge in [0.25, 0.3) is 0 Å². The lowest BCUT2D eigenvalue weighted by atomic mass is 9.81. The summed E-state index contributed by atoms with van der Waals surface area (Å²) in [5.41, 5.74) is 2.32. The van der Waals surface area contributed by atoms with Crippen LogP contribution in [0.2, 0.25) is 18.1 Å². The van der Waals surface area contributed by atoms with Crippen LogP contribution >= 0.6 is 0 Å². The van der Waals surface area contributed by atoms with Crippen LogP contribution in [0.25, 0.3) is 0 Å². The normalized spacial score (nSPS) is 22.2. The lowest BCUT2D eigenvalue weighted by Gasteiger charge is -2.49. The smallest absolute Gasteiger partial charge is 0.192 e. The molecule has 0 radical (unpaired) electrons. The first-order valence-corrected chi connectivity index (χ1v) is 20.2. The zero-order valence-electron chi connectivity index (χ0n) is 31.1. The average molecular weight is 657 g/mol. The van der Waals surface area contributed by atoms with Crippen molar-refractivity contribution < 1.29 is 28.1 Å². The van der Waals surface area contributed by atoms with Gasteiger partial charge in [-0.2, -0.15) is 0 Å². The van der Waals surface area contributed by atoms with Crippen LogP contribution in [0.3, 0.4) is 0 Å². The highest BCUT2D eigenvalue weighted by Gasteiger charge is 2.47. The number of methoxy groups -OCH3 is 1. The minimum atomic E-state index is -2.09. The van der Waals surface area contributed by atoms with Gasteiger partial charge in [0.15, 0.2) is 14.1 Å². The fourth-order valence-corrected chi connectivity index (χ4v) is 7.79. The Morgan fingerprint density at radius 3 is 1.87 bits per heavy atom. The Hall–Kier alpha value is -1.74. The van der Waals surface area contributed by atoms with Gasteiger partial charge in [-0.1, -0.05) is 97.9 Å². The molecule has 1 aliphatic rings. The number of benzene rings is 2. The van der Waals surface area contributed by atoms with Crippen molar-refractivity contribution in [3.8, 4) is 5.75 Å². The molecule has 0 N–H and O–H groups in total. The summed E-state index contributed by atoms with van der Waals surface area (Å²) in [7, 11) is -0.399. The van der Waals surface area contributed by atoms with E-state index in [2.05, 4.69) is 105 Å². The third-order valence-corrected chi connectivity index (χ3v) is 14.6. The maximum absolute atomic E-state index is 7.24. The summed E-state index contributed by atoms with van der Waals surface area (Å²) in [6, 6.07) is 18.5. The van der Waals surface area contributed by atoms with Crippen molar-refractivity contribution in [1.82, 2.24) is 0 Å². The summed E-state index contributed by atoms with van der Waals surface area (Å²) in [5, 5.41) is 0.0914. The highest BCUT2D eigenvalue weighted by atomic mass is 28.4. The summed E-state index contributed by atoms with van der Waals surface area (Å²) < 4.78 is 38.9. The molecule has 0 saturated carbocycles. The minimum Gasteiger partial charge on any atom is -0.497 e. The summed E-state index contributed by atoms with van der Waals surface area (Å²) in [6.07, 6.45) is 0.755. The van der Waals surface area contributed by atoms with Crippen LogP contribution < -0.4 is 4.74 Å². The fourth-order valence-electron chi connectivity index (χ4n) is 6.31. The molecule has 0 aliphatic carbocycles. The van der Waals surface area contributed by atoms with Gasteiger partial charge in [0.1, 0.15) is 5.75 Å². The summed E-state index contributed by atoms with van der Waals surface area (Å²) in [5.74, 6) is 0.956. The molecule has 1 aliphatic heterocycles. The largest absolute Gasteiger partial charge is 0.497 e. The Morgan fingerprint density at radius 1 is 0.804 bits per heavy atom. The van der Waals surface area contributed by atoms with Gasteiger partial charge in [-0.05, 0) is 61.2 Å². The van der Waals surface area contributed by atoms with E-state index in [1.54, 1.807) is 7.11 Å². The van der Waals surface area contributed by atoms with Gasteiger partial charge in [0.05, 0.1) is 51.3 Å². The van der Waals surface area contributed by atoms with Gasteiger partial charge in [0, 0.05) is 24.2 Å². The molecule has 0 amide bonds.